The van der Waals surface area contributed by atoms with Crippen molar-refractivity contribution >= 4 is 28.9 Å². The Bertz CT molecular complexity index is 715. The molecule has 0 saturated heterocycles. The van der Waals surface area contributed by atoms with E-state index in [9.17, 15) is 14.0 Å². The van der Waals surface area contributed by atoms with Crippen molar-refractivity contribution in [3.8, 4) is 0 Å². The maximum atomic E-state index is 13.6. The Labute approximate surface area is 121 Å². The van der Waals surface area contributed by atoms with Crippen molar-refractivity contribution in [3.63, 3.8) is 0 Å². The molecule has 1 aliphatic rings. The van der Waals surface area contributed by atoms with E-state index < -0.39 is 5.82 Å². The normalized spacial score (nSPS) is 15.0. The molecule has 0 saturated carbocycles. The minimum Gasteiger partial charge on any atom is -0.313 e. The lowest BCUT2D eigenvalue weighted by Crippen LogP contribution is -2.28. The fourth-order valence-corrected chi connectivity index (χ4v) is 2.42. The zero-order valence-corrected chi connectivity index (χ0v) is 11.4. The maximum absolute atomic E-state index is 13.6. The summed E-state index contributed by atoms with van der Waals surface area (Å²) in [6, 6.07) is 13.0. The number of fused-ring (bicyclic) bond motifs is 1. The zero-order valence-electron chi connectivity index (χ0n) is 11.4. The highest BCUT2D eigenvalue weighted by molar-refractivity contribution is 6.17. The molecule has 4 nitrogen and oxygen atoms in total. The number of para-hydroxylation sites is 1. The van der Waals surface area contributed by atoms with Crippen molar-refractivity contribution in [2.45, 2.75) is 6.42 Å². The lowest BCUT2D eigenvalue weighted by molar-refractivity contribution is -0.125. The van der Waals surface area contributed by atoms with E-state index in [2.05, 4.69) is 0 Å². The first-order valence-electron chi connectivity index (χ1n) is 6.52. The average molecular weight is 284 g/mol. The SMILES string of the molecule is CN1C(=O)CC(=O)N(c2ccccc2)c2cc(F)ccc21. The molecule has 0 aromatic heterocycles. The van der Waals surface area contributed by atoms with Gasteiger partial charge in [0.25, 0.3) is 0 Å². The fourth-order valence-electron chi connectivity index (χ4n) is 2.42. The van der Waals surface area contributed by atoms with Gasteiger partial charge in [0.15, 0.2) is 0 Å². The Morgan fingerprint density at radius 3 is 2.38 bits per heavy atom. The summed E-state index contributed by atoms with van der Waals surface area (Å²) in [4.78, 5) is 27.2. The summed E-state index contributed by atoms with van der Waals surface area (Å²) in [7, 11) is 1.58. The van der Waals surface area contributed by atoms with Crippen molar-refractivity contribution in [1.82, 2.24) is 0 Å². The van der Waals surface area contributed by atoms with Gasteiger partial charge in [-0.25, -0.2) is 4.39 Å². The Kier molecular flexibility index (Phi) is 3.17. The van der Waals surface area contributed by atoms with Crippen molar-refractivity contribution in [3.05, 3.63) is 54.3 Å². The van der Waals surface area contributed by atoms with Crippen LogP contribution in [0, 0.1) is 5.82 Å². The summed E-state index contributed by atoms with van der Waals surface area (Å²) in [5.74, 6) is -1.14. The van der Waals surface area contributed by atoms with Gasteiger partial charge < -0.3 is 4.90 Å². The number of halogens is 1. The second kappa shape index (κ2) is 5.01. The average Bonchev–Trinajstić information content (AvgIpc) is 2.56. The van der Waals surface area contributed by atoms with Gasteiger partial charge in [-0.1, -0.05) is 18.2 Å². The predicted molar refractivity (Wildman–Crippen MR) is 78.0 cm³/mol. The van der Waals surface area contributed by atoms with Gasteiger partial charge in [0, 0.05) is 18.8 Å². The second-order valence-corrected chi connectivity index (χ2v) is 4.83. The molecule has 0 fully saturated rings. The smallest absolute Gasteiger partial charge is 0.241 e. The van der Waals surface area contributed by atoms with Gasteiger partial charge >= 0.3 is 0 Å². The van der Waals surface area contributed by atoms with Gasteiger partial charge in [-0.2, -0.15) is 0 Å². The van der Waals surface area contributed by atoms with Crippen LogP contribution in [0.5, 0.6) is 0 Å². The van der Waals surface area contributed by atoms with Gasteiger partial charge in [0.2, 0.25) is 11.8 Å². The van der Waals surface area contributed by atoms with E-state index in [4.69, 9.17) is 0 Å². The van der Waals surface area contributed by atoms with Gasteiger partial charge in [0.1, 0.15) is 12.2 Å². The van der Waals surface area contributed by atoms with Crippen LogP contribution in [0.2, 0.25) is 0 Å². The summed E-state index contributed by atoms with van der Waals surface area (Å²) in [5, 5.41) is 0. The standard InChI is InChI=1S/C16H13FN2O2/c1-18-13-8-7-11(17)9-14(13)19(16(21)10-15(18)20)12-5-3-2-4-6-12/h2-9H,10H2,1H3. The van der Waals surface area contributed by atoms with Gasteiger partial charge in [-0.3, -0.25) is 14.5 Å². The highest BCUT2D eigenvalue weighted by atomic mass is 19.1. The molecule has 3 rings (SSSR count). The lowest BCUT2D eigenvalue weighted by atomic mass is 10.2. The summed E-state index contributed by atoms with van der Waals surface area (Å²) in [5.41, 5.74) is 1.49. The molecule has 0 aliphatic carbocycles. The van der Waals surface area contributed by atoms with E-state index in [-0.39, 0.29) is 18.2 Å². The molecule has 21 heavy (non-hydrogen) atoms. The zero-order chi connectivity index (χ0) is 15.0. The highest BCUT2D eigenvalue weighted by Gasteiger charge is 2.30. The number of hydrogen-bond acceptors (Lipinski definition) is 2. The third-order valence-corrected chi connectivity index (χ3v) is 3.48. The number of rotatable bonds is 1. The molecule has 0 bridgehead atoms. The van der Waals surface area contributed by atoms with Crippen LogP contribution < -0.4 is 9.80 Å². The Morgan fingerprint density at radius 2 is 1.67 bits per heavy atom. The molecule has 1 heterocycles. The molecule has 106 valence electrons. The van der Waals surface area contributed by atoms with Crippen LogP contribution >= 0.6 is 0 Å². The monoisotopic (exact) mass is 284 g/mol. The Hall–Kier alpha value is -2.69. The molecule has 1 aliphatic heterocycles. The number of hydrogen-bond donors (Lipinski definition) is 0. The Morgan fingerprint density at radius 1 is 0.952 bits per heavy atom. The van der Waals surface area contributed by atoms with Gasteiger partial charge in [-0.15, -0.1) is 0 Å². The van der Waals surface area contributed by atoms with Crippen molar-refractivity contribution in [1.29, 1.82) is 0 Å². The van der Waals surface area contributed by atoms with Gasteiger partial charge in [0.05, 0.1) is 11.4 Å². The molecule has 0 radical (unpaired) electrons. The van der Waals surface area contributed by atoms with Crippen LogP contribution in [0.1, 0.15) is 6.42 Å². The maximum Gasteiger partial charge on any atom is 0.241 e. The number of amides is 2. The molecule has 2 aromatic carbocycles. The third-order valence-electron chi connectivity index (χ3n) is 3.48. The molecule has 5 heteroatoms. The van der Waals surface area contributed by atoms with Crippen LogP contribution in [-0.2, 0) is 9.59 Å². The summed E-state index contributed by atoms with van der Waals surface area (Å²) in [6.45, 7) is 0. The van der Waals surface area contributed by atoms with E-state index in [1.807, 2.05) is 6.07 Å². The summed E-state index contributed by atoms with van der Waals surface area (Å²) in [6.07, 6.45) is -0.248. The molecule has 0 unspecified atom stereocenters. The minimum absolute atomic E-state index is 0.248. The molecule has 0 atom stereocenters. The van der Waals surface area contributed by atoms with E-state index in [0.717, 1.165) is 0 Å². The molecular weight excluding hydrogens is 271 g/mol. The first-order valence-corrected chi connectivity index (χ1v) is 6.52. The van der Waals surface area contributed by atoms with Crippen molar-refractivity contribution in [2.24, 2.45) is 0 Å². The number of anilines is 3. The number of carbonyl (C=O) groups excluding carboxylic acids is 2. The topological polar surface area (TPSA) is 40.6 Å². The molecular formula is C16H13FN2O2. The summed E-state index contributed by atoms with van der Waals surface area (Å²) < 4.78 is 13.6. The molecule has 0 N–H and O–H groups in total. The van der Waals surface area contributed by atoms with E-state index in [0.29, 0.717) is 17.1 Å². The number of benzene rings is 2. The quantitative estimate of drug-likeness (QED) is 0.755. The predicted octanol–water partition coefficient (Wildman–Crippen LogP) is 2.86. The van der Waals surface area contributed by atoms with Crippen LogP contribution in [0.4, 0.5) is 21.5 Å². The minimum atomic E-state index is -0.453. The van der Waals surface area contributed by atoms with Gasteiger partial charge in [-0.05, 0) is 24.3 Å². The lowest BCUT2D eigenvalue weighted by Gasteiger charge is -2.23. The summed E-state index contributed by atoms with van der Waals surface area (Å²) >= 11 is 0. The molecule has 2 aromatic rings. The van der Waals surface area contributed by atoms with Crippen molar-refractivity contribution in [2.75, 3.05) is 16.8 Å². The third kappa shape index (κ3) is 2.27. The highest BCUT2D eigenvalue weighted by Crippen LogP contribution is 2.37. The van der Waals surface area contributed by atoms with E-state index in [1.54, 1.807) is 31.3 Å². The number of carbonyl (C=O) groups is 2. The fraction of sp³-hybridized carbons (Fsp3) is 0.125. The van der Waals surface area contributed by atoms with Crippen LogP contribution in [0.3, 0.4) is 0 Å². The van der Waals surface area contributed by atoms with Crippen LogP contribution in [0.15, 0.2) is 48.5 Å². The van der Waals surface area contributed by atoms with E-state index in [1.165, 1.54) is 28.0 Å². The van der Waals surface area contributed by atoms with Crippen LogP contribution in [0.25, 0.3) is 0 Å². The number of nitrogens with zero attached hydrogens (tertiary/aromatic N) is 2. The van der Waals surface area contributed by atoms with Crippen molar-refractivity contribution < 1.29 is 14.0 Å². The largest absolute Gasteiger partial charge is 0.313 e. The molecule has 0 spiro atoms. The van der Waals surface area contributed by atoms with Crippen LogP contribution in [-0.4, -0.2) is 18.9 Å². The first kappa shape index (κ1) is 13.3. The first-order chi connectivity index (χ1) is 10.1. The Balaban J connectivity index is 2.24. The second-order valence-electron chi connectivity index (χ2n) is 4.83. The van der Waals surface area contributed by atoms with E-state index >= 15 is 0 Å². The molecule has 2 amide bonds.